The molecule has 0 aliphatic heterocycles. The molecule has 0 aliphatic carbocycles. The van der Waals surface area contributed by atoms with E-state index in [2.05, 4.69) is 5.32 Å². The average Bonchev–Trinajstić information content (AvgIpc) is 2.69. The molecular formula is C12H11ClN2O2. The van der Waals surface area contributed by atoms with E-state index in [4.69, 9.17) is 21.8 Å². The first kappa shape index (κ1) is 11.5. The number of hydrogen-bond donors (Lipinski definition) is 2. The molecule has 0 bridgehead atoms. The number of hydrogen-bond acceptors (Lipinski definition) is 3. The molecule has 1 aromatic carbocycles. The second-order valence-corrected chi connectivity index (χ2v) is 4.07. The summed E-state index contributed by atoms with van der Waals surface area (Å²) in [5, 5.41) is 3.21. The minimum atomic E-state index is -0.268. The van der Waals surface area contributed by atoms with Crippen LogP contribution in [0.3, 0.4) is 0 Å². The lowest BCUT2D eigenvalue weighted by Gasteiger charge is -2.06. The van der Waals surface area contributed by atoms with Gasteiger partial charge in [-0.25, -0.2) is 0 Å². The molecule has 0 unspecified atom stereocenters. The molecule has 0 spiro atoms. The first-order chi connectivity index (χ1) is 8.06. The SMILES string of the molecule is Cc1cc(C(=O)Nc2ccc(Cl)cc2N)co1. The van der Waals surface area contributed by atoms with Gasteiger partial charge in [0.05, 0.1) is 16.9 Å². The van der Waals surface area contributed by atoms with E-state index in [0.717, 1.165) is 0 Å². The summed E-state index contributed by atoms with van der Waals surface area (Å²) in [7, 11) is 0. The van der Waals surface area contributed by atoms with E-state index in [1.165, 1.54) is 6.26 Å². The lowest BCUT2D eigenvalue weighted by molar-refractivity contribution is 0.102. The summed E-state index contributed by atoms with van der Waals surface area (Å²) in [6.45, 7) is 1.77. The van der Waals surface area contributed by atoms with Crippen molar-refractivity contribution in [1.29, 1.82) is 0 Å². The van der Waals surface area contributed by atoms with Gasteiger partial charge in [-0.3, -0.25) is 4.79 Å². The van der Waals surface area contributed by atoms with Gasteiger partial charge in [-0.15, -0.1) is 0 Å². The van der Waals surface area contributed by atoms with E-state index in [1.54, 1.807) is 31.2 Å². The van der Waals surface area contributed by atoms with Crippen molar-refractivity contribution in [2.75, 3.05) is 11.1 Å². The quantitative estimate of drug-likeness (QED) is 0.805. The van der Waals surface area contributed by atoms with Crippen LogP contribution in [-0.4, -0.2) is 5.91 Å². The van der Waals surface area contributed by atoms with Crippen LogP contribution >= 0.6 is 11.6 Å². The van der Waals surface area contributed by atoms with Crippen molar-refractivity contribution < 1.29 is 9.21 Å². The second kappa shape index (κ2) is 4.51. The fraction of sp³-hybridized carbons (Fsp3) is 0.0833. The molecule has 4 nitrogen and oxygen atoms in total. The van der Waals surface area contributed by atoms with Crippen LogP contribution in [0.2, 0.25) is 5.02 Å². The van der Waals surface area contributed by atoms with Gasteiger partial charge in [0.25, 0.3) is 5.91 Å². The highest BCUT2D eigenvalue weighted by atomic mass is 35.5. The van der Waals surface area contributed by atoms with Gasteiger partial charge < -0.3 is 15.5 Å². The smallest absolute Gasteiger partial charge is 0.258 e. The van der Waals surface area contributed by atoms with Gasteiger partial charge in [0, 0.05) is 5.02 Å². The molecule has 88 valence electrons. The van der Waals surface area contributed by atoms with Gasteiger partial charge in [-0.1, -0.05) is 11.6 Å². The lowest BCUT2D eigenvalue weighted by atomic mass is 10.2. The highest BCUT2D eigenvalue weighted by molar-refractivity contribution is 6.31. The summed E-state index contributed by atoms with van der Waals surface area (Å²) in [6, 6.07) is 6.55. The van der Waals surface area contributed by atoms with E-state index < -0.39 is 0 Å². The average molecular weight is 251 g/mol. The Morgan fingerprint density at radius 3 is 2.76 bits per heavy atom. The maximum absolute atomic E-state index is 11.8. The standard InChI is InChI=1S/C12H11ClN2O2/c1-7-4-8(6-17-7)12(16)15-11-3-2-9(13)5-10(11)14/h2-6H,14H2,1H3,(H,15,16). The zero-order chi connectivity index (χ0) is 12.4. The first-order valence-corrected chi connectivity index (χ1v) is 5.35. The molecule has 2 rings (SSSR count). The fourth-order valence-corrected chi connectivity index (χ4v) is 1.58. The van der Waals surface area contributed by atoms with E-state index in [9.17, 15) is 4.79 Å². The Hall–Kier alpha value is -1.94. The number of carbonyl (C=O) groups is 1. The maximum atomic E-state index is 11.8. The molecule has 2 aromatic rings. The zero-order valence-corrected chi connectivity index (χ0v) is 9.91. The van der Waals surface area contributed by atoms with Gasteiger partial charge in [0.15, 0.2) is 0 Å². The third-order valence-corrected chi connectivity index (χ3v) is 2.49. The van der Waals surface area contributed by atoms with E-state index in [1.807, 2.05) is 0 Å². The monoisotopic (exact) mass is 250 g/mol. The zero-order valence-electron chi connectivity index (χ0n) is 9.16. The van der Waals surface area contributed by atoms with Crippen LogP contribution < -0.4 is 11.1 Å². The van der Waals surface area contributed by atoms with Crippen molar-refractivity contribution in [3.63, 3.8) is 0 Å². The Kier molecular flexibility index (Phi) is 3.06. The molecule has 1 amide bonds. The van der Waals surface area contributed by atoms with Crippen molar-refractivity contribution in [1.82, 2.24) is 0 Å². The maximum Gasteiger partial charge on any atom is 0.258 e. The second-order valence-electron chi connectivity index (χ2n) is 3.63. The first-order valence-electron chi connectivity index (χ1n) is 4.98. The topological polar surface area (TPSA) is 68.3 Å². The number of nitrogens with two attached hydrogens (primary N) is 1. The van der Waals surface area contributed by atoms with Gasteiger partial charge in [-0.2, -0.15) is 0 Å². The summed E-state index contributed by atoms with van der Waals surface area (Å²) < 4.78 is 5.06. The predicted molar refractivity (Wildman–Crippen MR) is 67.3 cm³/mol. The van der Waals surface area contributed by atoms with Crippen LogP contribution in [0.1, 0.15) is 16.1 Å². The van der Waals surface area contributed by atoms with Gasteiger partial charge in [-0.05, 0) is 31.2 Å². The lowest BCUT2D eigenvalue weighted by Crippen LogP contribution is -2.12. The molecule has 0 radical (unpaired) electrons. The number of aryl methyl sites for hydroxylation is 1. The van der Waals surface area contributed by atoms with Crippen LogP contribution in [-0.2, 0) is 0 Å². The van der Waals surface area contributed by atoms with Crippen LogP contribution in [0.4, 0.5) is 11.4 Å². The molecule has 0 atom stereocenters. The largest absolute Gasteiger partial charge is 0.469 e. The summed E-state index contributed by atoms with van der Waals surface area (Å²) in [6.07, 6.45) is 1.40. The Morgan fingerprint density at radius 1 is 1.41 bits per heavy atom. The third-order valence-electron chi connectivity index (χ3n) is 2.25. The van der Waals surface area contributed by atoms with E-state index >= 15 is 0 Å². The van der Waals surface area contributed by atoms with Gasteiger partial charge in [0.1, 0.15) is 12.0 Å². The number of halogens is 1. The van der Waals surface area contributed by atoms with Crippen LogP contribution in [0, 0.1) is 6.92 Å². The van der Waals surface area contributed by atoms with Gasteiger partial charge >= 0.3 is 0 Å². The number of rotatable bonds is 2. The molecule has 0 fully saturated rings. The molecule has 0 saturated heterocycles. The minimum absolute atomic E-state index is 0.268. The van der Waals surface area contributed by atoms with Crippen molar-refractivity contribution in [3.8, 4) is 0 Å². The normalized spacial score (nSPS) is 10.2. The highest BCUT2D eigenvalue weighted by Gasteiger charge is 2.10. The number of amides is 1. The highest BCUT2D eigenvalue weighted by Crippen LogP contribution is 2.23. The minimum Gasteiger partial charge on any atom is -0.469 e. The van der Waals surface area contributed by atoms with Crippen LogP contribution in [0.15, 0.2) is 34.9 Å². The predicted octanol–water partition coefficient (Wildman–Crippen LogP) is 3.08. The Morgan fingerprint density at radius 2 is 2.18 bits per heavy atom. The Labute approximate surface area is 103 Å². The van der Waals surface area contributed by atoms with Crippen LogP contribution in [0.5, 0.6) is 0 Å². The summed E-state index contributed by atoms with van der Waals surface area (Å²) in [4.78, 5) is 11.8. The van der Waals surface area contributed by atoms with Gasteiger partial charge in [0.2, 0.25) is 0 Å². The third kappa shape index (κ3) is 2.60. The molecular weight excluding hydrogens is 240 g/mol. The van der Waals surface area contributed by atoms with E-state index in [-0.39, 0.29) is 5.91 Å². The van der Waals surface area contributed by atoms with Crippen molar-refractivity contribution in [2.24, 2.45) is 0 Å². The molecule has 17 heavy (non-hydrogen) atoms. The van der Waals surface area contributed by atoms with Crippen molar-refractivity contribution in [2.45, 2.75) is 6.92 Å². The molecule has 5 heteroatoms. The molecule has 1 heterocycles. The molecule has 0 saturated carbocycles. The summed E-state index contributed by atoms with van der Waals surface area (Å²) in [5.41, 5.74) is 7.13. The Balaban J connectivity index is 2.18. The number of anilines is 2. The number of nitrogen functional groups attached to an aromatic ring is 1. The van der Waals surface area contributed by atoms with Crippen LogP contribution in [0.25, 0.3) is 0 Å². The number of furan rings is 1. The number of nitrogens with one attached hydrogen (secondary N) is 1. The van der Waals surface area contributed by atoms with Crippen molar-refractivity contribution >= 4 is 28.9 Å². The Bertz CT molecular complexity index is 563. The molecule has 0 aliphatic rings. The summed E-state index contributed by atoms with van der Waals surface area (Å²) >= 11 is 5.77. The summed E-state index contributed by atoms with van der Waals surface area (Å²) in [5.74, 6) is 0.412. The fourth-order valence-electron chi connectivity index (χ4n) is 1.40. The van der Waals surface area contributed by atoms with E-state index in [0.29, 0.717) is 27.7 Å². The number of benzene rings is 1. The van der Waals surface area contributed by atoms with Crippen molar-refractivity contribution in [3.05, 3.63) is 46.9 Å². The number of carbonyl (C=O) groups excluding carboxylic acids is 1. The molecule has 3 N–H and O–H groups in total. The molecule has 1 aromatic heterocycles.